The van der Waals surface area contributed by atoms with Crippen molar-refractivity contribution in [1.29, 1.82) is 0 Å². The number of allylic oxidation sites excluding steroid dienone is 1. The topological polar surface area (TPSA) is 53.9 Å². The van der Waals surface area contributed by atoms with Crippen molar-refractivity contribution in [3.8, 4) is 5.75 Å². The SMILES string of the molecule is CCCN1c2ccc(/C=N/NC(=O)COc3cccc(Br)c3)cc2C(C)=CC1(C)C. The molecule has 2 aromatic rings. The Bertz CT molecular complexity index is 982. The first-order valence-corrected chi connectivity index (χ1v) is 10.9. The fraction of sp³-hybridized carbons (Fsp3) is 0.333. The maximum absolute atomic E-state index is 12.0. The molecule has 158 valence electrons. The number of ether oxygens (including phenoxy) is 1. The summed E-state index contributed by atoms with van der Waals surface area (Å²) in [5.41, 5.74) is 7.14. The van der Waals surface area contributed by atoms with E-state index in [-0.39, 0.29) is 18.1 Å². The highest BCUT2D eigenvalue weighted by Crippen LogP contribution is 2.39. The van der Waals surface area contributed by atoms with Gasteiger partial charge in [0.2, 0.25) is 0 Å². The maximum atomic E-state index is 12.0. The third-order valence-corrected chi connectivity index (χ3v) is 5.51. The summed E-state index contributed by atoms with van der Waals surface area (Å²) < 4.78 is 6.36. The number of carbonyl (C=O) groups is 1. The lowest BCUT2D eigenvalue weighted by molar-refractivity contribution is -0.123. The summed E-state index contributed by atoms with van der Waals surface area (Å²) in [6.07, 6.45) is 5.06. The van der Waals surface area contributed by atoms with E-state index in [1.54, 1.807) is 12.3 Å². The van der Waals surface area contributed by atoms with E-state index < -0.39 is 0 Å². The second-order valence-corrected chi connectivity index (χ2v) is 8.86. The molecule has 0 spiro atoms. The van der Waals surface area contributed by atoms with Crippen LogP contribution in [-0.2, 0) is 4.79 Å². The molecule has 0 fully saturated rings. The van der Waals surface area contributed by atoms with Gasteiger partial charge in [0.1, 0.15) is 5.75 Å². The Morgan fingerprint density at radius 2 is 2.07 bits per heavy atom. The van der Waals surface area contributed by atoms with Gasteiger partial charge in [0.05, 0.1) is 11.8 Å². The van der Waals surface area contributed by atoms with E-state index in [1.807, 2.05) is 24.3 Å². The fourth-order valence-corrected chi connectivity index (χ4v) is 4.11. The minimum atomic E-state index is -0.309. The van der Waals surface area contributed by atoms with Crippen LogP contribution in [0.4, 0.5) is 5.69 Å². The number of nitrogens with zero attached hydrogens (tertiary/aromatic N) is 2. The van der Waals surface area contributed by atoms with E-state index in [0.29, 0.717) is 5.75 Å². The van der Waals surface area contributed by atoms with Crippen molar-refractivity contribution in [2.45, 2.75) is 39.7 Å². The van der Waals surface area contributed by atoms with Gasteiger partial charge in [-0.25, -0.2) is 5.43 Å². The van der Waals surface area contributed by atoms with E-state index in [4.69, 9.17) is 4.74 Å². The lowest BCUT2D eigenvalue weighted by Gasteiger charge is -2.43. The minimum Gasteiger partial charge on any atom is -0.484 e. The van der Waals surface area contributed by atoms with Gasteiger partial charge in [-0.3, -0.25) is 4.79 Å². The number of rotatable bonds is 7. The molecule has 0 radical (unpaired) electrons. The zero-order valence-corrected chi connectivity index (χ0v) is 19.5. The van der Waals surface area contributed by atoms with Crippen LogP contribution in [0.15, 0.2) is 58.1 Å². The molecule has 0 saturated carbocycles. The van der Waals surface area contributed by atoms with Crippen LogP contribution in [0.25, 0.3) is 5.57 Å². The predicted molar refractivity (Wildman–Crippen MR) is 127 cm³/mol. The molecule has 0 aliphatic carbocycles. The summed E-state index contributed by atoms with van der Waals surface area (Å²) in [5, 5.41) is 4.08. The smallest absolute Gasteiger partial charge is 0.277 e. The first kappa shape index (κ1) is 22.1. The Morgan fingerprint density at radius 3 is 2.80 bits per heavy atom. The molecule has 0 saturated heterocycles. The van der Waals surface area contributed by atoms with Crippen LogP contribution in [0.5, 0.6) is 5.75 Å². The summed E-state index contributed by atoms with van der Waals surface area (Å²) in [6, 6.07) is 13.6. The number of hydrogen-bond donors (Lipinski definition) is 1. The first-order chi connectivity index (χ1) is 14.3. The van der Waals surface area contributed by atoms with Crippen molar-refractivity contribution in [2.24, 2.45) is 5.10 Å². The number of carbonyl (C=O) groups excluding carboxylic acids is 1. The number of hydrazone groups is 1. The molecular weight excluding hydrogens is 442 g/mol. The zero-order valence-electron chi connectivity index (χ0n) is 17.9. The van der Waals surface area contributed by atoms with Gasteiger partial charge in [-0.1, -0.05) is 41.1 Å². The van der Waals surface area contributed by atoms with Crippen LogP contribution in [-0.4, -0.2) is 30.8 Å². The van der Waals surface area contributed by atoms with Crippen LogP contribution in [0.2, 0.25) is 0 Å². The molecule has 5 nitrogen and oxygen atoms in total. The highest BCUT2D eigenvalue weighted by molar-refractivity contribution is 9.10. The van der Waals surface area contributed by atoms with Gasteiger partial charge >= 0.3 is 0 Å². The van der Waals surface area contributed by atoms with Crippen molar-refractivity contribution in [1.82, 2.24) is 5.43 Å². The van der Waals surface area contributed by atoms with E-state index in [2.05, 4.69) is 77.3 Å². The average Bonchev–Trinajstić information content (AvgIpc) is 2.69. The van der Waals surface area contributed by atoms with Crippen molar-refractivity contribution in [3.63, 3.8) is 0 Å². The van der Waals surface area contributed by atoms with E-state index >= 15 is 0 Å². The molecule has 6 heteroatoms. The van der Waals surface area contributed by atoms with Crippen molar-refractivity contribution >= 4 is 39.3 Å². The molecule has 3 rings (SSSR count). The minimum absolute atomic E-state index is 0.00891. The number of anilines is 1. The molecule has 0 aromatic heterocycles. The number of hydrogen-bond acceptors (Lipinski definition) is 4. The van der Waals surface area contributed by atoms with Crippen LogP contribution in [0.3, 0.4) is 0 Å². The average molecular weight is 470 g/mol. The third-order valence-electron chi connectivity index (χ3n) is 5.02. The quantitative estimate of drug-likeness (QED) is 0.436. The molecule has 2 aromatic carbocycles. The van der Waals surface area contributed by atoms with Gasteiger partial charge < -0.3 is 9.64 Å². The van der Waals surface area contributed by atoms with Crippen LogP contribution in [0, 0.1) is 0 Å². The summed E-state index contributed by atoms with van der Waals surface area (Å²) in [6.45, 7) is 9.75. The molecule has 30 heavy (non-hydrogen) atoms. The number of halogens is 1. The summed E-state index contributed by atoms with van der Waals surface area (Å²) in [5.74, 6) is 0.316. The molecular formula is C24H28BrN3O2. The standard InChI is InChI=1S/C24H28BrN3O2/c1-5-11-28-22-10-9-18(12-21(22)17(2)14-24(28,3)4)15-26-27-23(29)16-30-20-8-6-7-19(25)13-20/h6-10,12-15H,5,11,16H2,1-4H3,(H,27,29)/b26-15+. The summed E-state index contributed by atoms with van der Waals surface area (Å²) in [4.78, 5) is 14.4. The third kappa shape index (κ3) is 5.30. The predicted octanol–water partition coefficient (Wildman–Crippen LogP) is 5.39. The molecule has 1 aliphatic rings. The van der Waals surface area contributed by atoms with E-state index in [9.17, 15) is 4.79 Å². The molecule has 1 aliphatic heterocycles. The van der Waals surface area contributed by atoms with Gasteiger partial charge in [0.25, 0.3) is 5.91 Å². The van der Waals surface area contributed by atoms with Crippen LogP contribution in [0.1, 0.15) is 45.2 Å². The largest absolute Gasteiger partial charge is 0.484 e. The zero-order chi connectivity index (χ0) is 21.7. The Morgan fingerprint density at radius 1 is 1.27 bits per heavy atom. The van der Waals surface area contributed by atoms with E-state index in [1.165, 1.54) is 16.8 Å². The normalized spacial score (nSPS) is 15.0. The molecule has 0 bridgehead atoms. The van der Waals surface area contributed by atoms with Crippen molar-refractivity contribution in [2.75, 3.05) is 18.1 Å². The van der Waals surface area contributed by atoms with Gasteiger partial charge in [0, 0.05) is 22.3 Å². The molecule has 0 atom stereocenters. The second kappa shape index (κ2) is 9.47. The molecule has 1 amide bonds. The van der Waals surface area contributed by atoms with Crippen LogP contribution >= 0.6 is 15.9 Å². The Hall–Kier alpha value is -2.60. The number of benzene rings is 2. The van der Waals surface area contributed by atoms with E-state index in [0.717, 1.165) is 23.0 Å². The molecule has 0 unspecified atom stereocenters. The maximum Gasteiger partial charge on any atom is 0.277 e. The van der Waals surface area contributed by atoms with Crippen molar-refractivity contribution in [3.05, 3.63) is 64.1 Å². The highest BCUT2D eigenvalue weighted by Gasteiger charge is 2.30. The highest BCUT2D eigenvalue weighted by atomic mass is 79.9. The van der Waals surface area contributed by atoms with Crippen LogP contribution < -0.4 is 15.1 Å². The summed E-state index contributed by atoms with van der Waals surface area (Å²) in [7, 11) is 0. The lowest BCUT2D eigenvalue weighted by atomic mass is 9.88. The van der Waals surface area contributed by atoms with Gasteiger partial charge in [-0.15, -0.1) is 0 Å². The fourth-order valence-electron chi connectivity index (χ4n) is 3.73. The van der Waals surface area contributed by atoms with Gasteiger partial charge in [0.15, 0.2) is 6.61 Å². The second-order valence-electron chi connectivity index (χ2n) is 7.95. The Balaban J connectivity index is 1.64. The first-order valence-electron chi connectivity index (χ1n) is 10.1. The monoisotopic (exact) mass is 469 g/mol. The summed E-state index contributed by atoms with van der Waals surface area (Å²) >= 11 is 3.37. The van der Waals surface area contributed by atoms with Crippen molar-refractivity contribution < 1.29 is 9.53 Å². The lowest BCUT2D eigenvalue weighted by Crippen LogP contribution is -2.45. The Kier molecular flexibility index (Phi) is 6.98. The van der Waals surface area contributed by atoms with Gasteiger partial charge in [-0.05, 0) is 68.7 Å². The van der Waals surface area contributed by atoms with Gasteiger partial charge in [-0.2, -0.15) is 5.10 Å². The number of amides is 1. The number of fused-ring (bicyclic) bond motifs is 1. The molecule has 1 heterocycles. The molecule has 1 N–H and O–H groups in total. The number of nitrogens with one attached hydrogen (secondary N) is 1. The Labute approximate surface area is 186 Å².